The second-order valence-corrected chi connectivity index (χ2v) is 5.28. The molecule has 7 heteroatoms. The summed E-state index contributed by atoms with van der Waals surface area (Å²) in [5, 5.41) is 0. The first-order valence-electron chi connectivity index (χ1n) is 7.58. The lowest BCUT2D eigenvalue weighted by atomic mass is 9.99. The molecular weight excluding hydrogens is 286 g/mol. The number of ether oxygens (including phenoxy) is 1. The predicted octanol–water partition coefficient (Wildman–Crippen LogP) is 0.578. The van der Waals surface area contributed by atoms with E-state index in [1.165, 1.54) is 17.0 Å². The van der Waals surface area contributed by atoms with E-state index in [1.54, 1.807) is 17.9 Å². The molecule has 1 saturated heterocycles. The summed E-state index contributed by atoms with van der Waals surface area (Å²) >= 11 is 0. The summed E-state index contributed by atoms with van der Waals surface area (Å²) in [6, 6.07) is 1.47. The molecule has 1 fully saturated rings. The van der Waals surface area contributed by atoms with Crippen molar-refractivity contribution >= 4 is 11.9 Å². The van der Waals surface area contributed by atoms with E-state index in [-0.39, 0.29) is 30.9 Å². The van der Waals surface area contributed by atoms with Crippen LogP contribution in [-0.2, 0) is 20.9 Å². The highest BCUT2D eigenvalue weighted by molar-refractivity contribution is 5.78. The lowest BCUT2D eigenvalue weighted by molar-refractivity contribution is -0.146. The Morgan fingerprint density at radius 3 is 2.95 bits per heavy atom. The van der Waals surface area contributed by atoms with Crippen LogP contribution in [0.5, 0.6) is 0 Å². The van der Waals surface area contributed by atoms with Gasteiger partial charge in [0, 0.05) is 25.0 Å². The molecule has 1 amide bonds. The maximum atomic E-state index is 12.5. The summed E-state index contributed by atoms with van der Waals surface area (Å²) in [5.74, 6) is -0.449. The normalized spacial score (nSPS) is 18.0. The van der Waals surface area contributed by atoms with E-state index in [0.29, 0.717) is 13.2 Å². The molecular formula is C15H21N3O4. The minimum absolute atomic E-state index is 0.0496. The van der Waals surface area contributed by atoms with Gasteiger partial charge in [0.15, 0.2) is 0 Å². The number of carbonyl (C=O) groups is 2. The number of aromatic nitrogens is 2. The van der Waals surface area contributed by atoms with Crippen LogP contribution < -0.4 is 5.69 Å². The maximum Gasteiger partial charge on any atom is 0.347 e. The van der Waals surface area contributed by atoms with Gasteiger partial charge in [-0.3, -0.25) is 14.2 Å². The van der Waals surface area contributed by atoms with Gasteiger partial charge in [0.05, 0.1) is 13.0 Å². The topological polar surface area (TPSA) is 81.5 Å². The number of hydrogen-bond acceptors (Lipinski definition) is 5. The SMILES string of the molecule is CCOC(=O)CC1CCCCN1C(=O)Cn1cccnc1=O. The van der Waals surface area contributed by atoms with Crippen molar-refractivity contribution < 1.29 is 14.3 Å². The van der Waals surface area contributed by atoms with Gasteiger partial charge < -0.3 is 9.64 Å². The predicted molar refractivity (Wildman–Crippen MR) is 79.1 cm³/mol. The highest BCUT2D eigenvalue weighted by atomic mass is 16.5. The zero-order valence-corrected chi connectivity index (χ0v) is 12.7. The molecule has 0 spiro atoms. The Bertz CT molecular complexity index is 584. The summed E-state index contributed by atoms with van der Waals surface area (Å²) < 4.78 is 6.24. The van der Waals surface area contributed by atoms with E-state index in [4.69, 9.17) is 4.74 Å². The van der Waals surface area contributed by atoms with Crippen molar-refractivity contribution in [1.82, 2.24) is 14.5 Å². The summed E-state index contributed by atoms with van der Waals surface area (Å²) in [4.78, 5) is 41.0. The minimum Gasteiger partial charge on any atom is -0.466 e. The van der Waals surface area contributed by atoms with Crippen LogP contribution in [0.3, 0.4) is 0 Å². The zero-order chi connectivity index (χ0) is 15.9. The molecule has 0 saturated carbocycles. The van der Waals surface area contributed by atoms with Crippen LogP contribution in [-0.4, -0.2) is 45.5 Å². The lowest BCUT2D eigenvalue weighted by Crippen LogP contribution is -2.47. The first-order chi connectivity index (χ1) is 10.6. The molecule has 1 aliphatic heterocycles. The van der Waals surface area contributed by atoms with Gasteiger partial charge in [-0.05, 0) is 32.3 Å². The van der Waals surface area contributed by atoms with Crippen molar-refractivity contribution in [3.05, 3.63) is 28.9 Å². The summed E-state index contributed by atoms with van der Waals surface area (Å²) in [6.45, 7) is 2.66. The number of hydrogen-bond donors (Lipinski definition) is 0. The number of nitrogens with zero attached hydrogens (tertiary/aromatic N) is 3. The minimum atomic E-state index is -0.449. The molecule has 1 aromatic rings. The van der Waals surface area contributed by atoms with Gasteiger partial charge >= 0.3 is 11.7 Å². The molecule has 22 heavy (non-hydrogen) atoms. The number of carbonyl (C=O) groups excluding carboxylic acids is 2. The Morgan fingerprint density at radius 2 is 2.23 bits per heavy atom. The first kappa shape index (κ1) is 16.2. The Hall–Kier alpha value is -2.18. The van der Waals surface area contributed by atoms with Crippen LogP contribution >= 0.6 is 0 Å². The van der Waals surface area contributed by atoms with Crippen LogP contribution in [0, 0.1) is 0 Å². The van der Waals surface area contributed by atoms with E-state index in [2.05, 4.69) is 4.98 Å². The Balaban J connectivity index is 2.03. The van der Waals surface area contributed by atoms with Gasteiger partial charge in [-0.2, -0.15) is 0 Å². The van der Waals surface area contributed by atoms with E-state index in [1.807, 2.05) is 0 Å². The van der Waals surface area contributed by atoms with E-state index in [9.17, 15) is 14.4 Å². The molecule has 0 radical (unpaired) electrons. The Morgan fingerprint density at radius 1 is 1.41 bits per heavy atom. The summed E-state index contributed by atoms with van der Waals surface area (Å²) in [6.07, 6.45) is 5.83. The molecule has 1 aromatic heterocycles. The third-order valence-electron chi connectivity index (χ3n) is 3.74. The number of piperidine rings is 1. The zero-order valence-electron chi connectivity index (χ0n) is 12.7. The van der Waals surface area contributed by atoms with Gasteiger partial charge in [-0.25, -0.2) is 9.78 Å². The van der Waals surface area contributed by atoms with Crippen LogP contribution in [0.4, 0.5) is 0 Å². The highest BCUT2D eigenvalue weighted by Gasteiger charge is 2.29. The molecule has 2 rings (SSSR count). The molecule has 0 N–H and O–H groups in total. The van der Waals surface area contributed by atoms with E-state index >= 15 is 0 Å². The third kappa shape index (κ3) is 4.16. The monoisotopic (exact) mass is 307 g/mol. The average Bonchev–Trinajstić information content (AvgIpc) is 2.50. The van der Waals surface area contributed by atoms with Crippen molar-refractivity contribution in [3.63, 3.8) is 0 Å². The maximum absolute atomic E-state index is 12.5. The molecule has 7 nitrogen and oxygen atoms in total. The second kappa shape index (κ2) is 7.72. The van der Waals surface area contributed by atoms with Gasteiger partial charge in [-0.15, -0.1) is 0 Å². The first-order valence-corrected chi connectivity index (χ1v) is 7.58. The van der Waals surface area contributed by atoms with Crippen molar-refractivity contribution in [1.29, 1.82) is 0 Å². The van der Waals surface area contributed by atoms with Crippen LogP contribution in [0.25, 0.3) is 0 Å². The number of likely N-dealkylation sites (tertiary alicyclic amines) is 1. The van der Waals surface area contributed by atoms with E-state index in [0.717, 1.165) is 19.3 Å². The molecule has 0 aromatic carbocycles. The van der Waals surface area contributed by atoms with Crippen LogP contribution in [0.1, 0.15) is 32.6 Å². The van der Waals surface area contributed by atoms with Crippen molar-refractivity contribution in [2.24, 2.45) is 0 Å². The molecule has 0 aliphatic carbocycles. The molecule has 2 heterocycles. The van der Waals surface area contributed by atoms with Crippen molar-refractivity contribution in [2.45, 2.75) is 45.2 Å². The molecule has 1 unspecified atom stereocenters. The third-order valence-corrected chi connectivity index (χ3v) is 3.74. The fraction of sp³-hybridized carbons (Fsp3) is 0.600. The quantitative estimate of drug-likeness (QED) is 0.743. The summed E-state index contributed by atoms with van der Waals surface area (Å²) in [7, 11) is 0. The van der Waals surface area contributed by atoms with Crippen molar-refractivity contribution in [2.75, 3.05) is 13.2 Å². The van der Waals surface area contributed by atoms with E-state index < -0.39 is 5.69 Å². The molecule has 120 valence electrons. The largest absolute Gasteiger partial charge is 0.466 e. The Labute approximate surface area is 128 Å². The standard InChI is InChI=1S/C15H21N3O4/c1-2-22-14(20)10-12-6-3-4-9-18(12)13(19)11-17-8-5-7-16-15(17)21/h5,7-8,12H,2-4,6,9-11H2,1H3. The van der Waals surface area contributed by atoms with Crippen LogP contribution in [0.2, 0.25) is 0 Å². The van der Waals surface area contributed by atoms with Gasteiger partial charge in [0.1, 0.15) is 6.54 Å². The molecule has 1 aliphatic rings. The fourth-order valence-corrected chi connectivity index (χ4v) is 2.70. The molecule has 0 bridgehead atoms. The lowest BCUT2D eigenvalue weighted by Gasteiger charge is -2.35. The number of amides is 1. The second-order valence-electron chi connectivity index (χ2n) is 5.28. The van der Waals surface area contributed by atoms with Crippen LogP contribution in [0.15, 0.2) is 23.3 Å². The van der Waals surface area contributed by atoms with Gasteiger partial charge in [0.25, 0.3) is 0 Å². The summed E-state index contributed by atoms with van der Waals surface area (Å²) in [5.41, 5.74) is -0.449. The van der Waals surface area contributed by atoms with Gasteiger partial charge in [-0.1, -0.05) is 0 Å². The molecule has 1 atom stereocenters. The highest BCUT2D eigenvalue weighted by Crippen LogP contribution is 2.20. The number of esters is 1. The number of rotatable bonds is 5. The smallest absolute Gasteiger partial charge is 0.347 e. The van der Waals surface area contributed by atoms with Crippen molar-refractivity contribution in [3.8, 4) is 0 Å². The fourth-order valence-electron chi connectivity index (χ4n) is 2.70. The average molecular weight is 307 g/mol. The van der Waals surface area contributed by atoms with Gasteiger partial charge in [0.2, 0.25) is 5.91 Å². The Kier molecular flexibility index (Phi) is 5.68.